The third-order valence-corrected chi connectivity index (χ3v) is 26.5. The van der Waals surface area contributed by atoms with Crippen LogP contribution in [0.15, 0.2) is 425 Å². The van der Waals surface area contributed by atoms with E-state index in [0.29, 0.717) is 29.4 Å². The number of fused-ring (bicyclic) bond motifs is 21. The maximum absolute atomic E-state index is 5.15. The van der Waals surface area contributed by atoms with Crippen molar-refractivity contribution in [2.75, 3.05) is 0 Å². The molecule has 0 aliphatic rings. The lowest BCUT2D eigenvalue weighted by molar-refractivity contribution is 0.953. The first-order valence-corrected chi connectivity index (χ1v) is 43.8. The predicted octanol–water partition coefficient (Wildman–Crippen LogP) is 29.8. The van der Waals surface area contributed by atoms with E-state index in [1.807, 2.05) is 132 Å². The fraction of sp³-hybridized carbons (Fsp3) is 0. The summed E-state index contributed by atoms with van der Waals surface area (Å²) >= 11 is 3.71. The summed E-state index contributed by atoms with van der Waals surface area (Å²) < 4.78 is 12.0. The monoisotopic (exact) mass is 1650 g/mol. The number of nitrogens with zero attached hydrogens (tertiary/aromatic N) is 10. The fourth-order valence-corrected chi connectivity index (χ4v) is 20.7. The van der Waals surface area contributed by atoms with Gasteiger partial charge in [0.25, 0.3) is 0 Å². The molecule has 1 N–H and O–H groups in total. The molecule has 26 rings (SSSR count). The van der Waals surface area contributed by atoms with Crippen molar-refractivity contribution in [1.82, 2.24) is 53.6 Å². The lowest BCUT2D eigenvalue weighted by Gasteiger charge is -2.11. The Kier molecular flexibility index (Phi) is 18.0. The van der Waals surface area contributed by atoms with Crippen molar-refractivity contribution < 1.29 is 0 Å². The molecular weight excluding hydrogens is 1580 g/mol. The first-order chi connectivity index (χ1) is 62.5. The van der Waals surface area contributed by atoms with Gasteiger partial charge in [-0.25, -0.2) is 24.9 Å². The highest BCUT2D eigenvalue weighted by molar-refractivity contribution is 7.27. The van der Waals surface area contributed by atoms with Gasteiger partial charge in [-0.2, -0.15) is 9.97 Å². The molecule has 0 amide bonds. The molecule has 0 radical (unpaired) electrons. The van der Waals surface area contributed by atoms with Crippen LogP contribution >= 0.6 is 22.7 Å². The van der Waals surface area contributed by atoms with Gasteiger partial charge in [0.15, 0.2) is 17.5 Å². The van der Waals surface area contributed by atoms with Crippen LogP contribution in [0.3, 0.4) is 0 Å². The van der Waals surface area contributed by atoms with Crippen molar-refractivity contribution in [3.8, 4) is 108 Å². The zero-order valence-electron chi connectivity index (χ0n) is 67.7. The minimum Gasteiger partial charge on any atom is -0.354 e. The van der Waals surface area contributed by atoms with Crippen LogP contribution in [0.4, 0.5) is 0 Å². The molecule has 0 unspecified atom stereocenters. The minimum atomic E-state index is 0.615. The summed E-state index contributed by atoms with van der Waals surface area (Å²) in [6, 6.07) is 148. The molecule has 0 saturated carbocycles. The first kappa shape index (κ1) is 73.5. The molecule has 0 fully saturated rings. The van der Waals surface area contributed by atoms with E-state index in [-0.39, 0.29) is 0 Å². The third-order valence-electron chi connectivity index (χ3n) is 24.1. The standard InChI is InChI=1S/C46H30N4.C34H21N3S.C33H20N4S/c1-3-11-32(12-4-1)40-29-41(33-13-5-2-6-14-33)49-46(48-40)34-21-19-30(20-22-34)31-23-25-35(26-24-31)50-42-18-10-8-16-38(42)44-43(50)28-27-37-36-15-7-9-17-39(36)47-45(37)44;1-3-11-22(12-4-1)27-21-28(23-13-5-2-6-14-23)36-34(35-27)37-29-17-9-7-16-26(29)32-30(37)20-19-25-24-15-8-10-18-31(24)38-33(25)32;1-3-11-21(12-4-1)31-34-32(22-13-5-2-6-14-22)36-33(35-31)37-26-17-9-7-16-25(26)29-27(37)20-19-24-23-15-8-10-18-28(23)38-30(24)29/h1-29,47H;1-21H;1-20H. The zero-order chi connectivity index (χ0) is 83.1. The number of nitrogens with one attached hydrogen (secondary N) is 1. The summed E-state index contributed by atoms with van der Waals surface area (Å²) in [7, 11) is 0. The average Bonchev–Trinajstić information content (AvgIpc) is 1.57. The highest BCUT2D eigenvalue weighted by Crippen LogP contribution is 2.47. The number of H-pyrrole nitrogens is 1. The molecule has 9 aromatic heterocycles. The number of rotatable bonds is 11. The Labute approximate surface area is 731 Å². The van der Waals surface area contributed by atoms with E-state index in [1.165, 1.54) is 100.0 Å². The largest absolute Gasteiger partial charge is 0.354 e. The normalized spacial score (nSPS) is 11.7. The fourth-order valence-electron chi connectivity index (χ4n) is 18.2. The third kappa shape index (κ3) is 12.8. The minimum absolute atomic E-state index is 0.615. The second kappa shape index (κ2) is 30.9. The molecule has 0 aliphatic heterocycles. The maximum Gasteiger partial charge on any atom is 0.238 e. The van der Waals surface area contributed by atoms with Crippen LogP contribution in [-0.2, 0) is 0 Å². The van der Waals surface area contributed by atoms with Crippen LogP contribution in [0.1, 0.15) is 0 Å². The van der Waals surface area contributed by atoms with Gasteiger partial charge in [0.1, 0.15) is 0 Å². The van der Waals surface area contributed by atoms with Gasteiger partial charge >= 0.3 is 0 Å². The molecule has 0 bridgehead atoms. The summed E-state index contributed by atoms with van der Waals surface area (Å²) in [5, 5.41) is 15.1. The Morgan fingerprint density at radius 1 is 0.198 bits per heavy atom. The molecule has 11 nitrogen and oxygen atoms in total. The molecule has 0 saturated heterocycles. The molecular formula is C113H71N11S2. The second-order valence-corrected chi connectivity index (χ2v) is 33.6. The Hall–Kier alpha value is -16.5. The zero-order valence-corrected chi connectivity index (χ0v) is 69.3. The average molecular weight is 1650 g/mol. The topological polar surface area (TPSA) is 121 Å². The van der Waals surface area contributed by atoms with E-state index in [4.69, 9.17) is 34.9 Å². The van der Waals surface area contributed by atoms with Crippen molar-refractivity contribution >= 4 is 150 Å². The van der Waals surface area contributed by atoms with Crippen LogP contribution in [0.5, 0.6) is 0 Å². The molecule has 13 heteroatoms. The summed E-state index contributed by atoms with van der Waals surface area (Å²) in [5.74, 6) is 3.32. The molecule has 0 spiro atoms. The number of benzene rings is 17. The number of para-hydroxylation sites is 4. The Bertz CT molecular complexity index is 8200. The second-order valence-electron chi connectivity index (χ2n) is 31.5. The van der Waals surface area contributed by atoms with E-state index < -0.39 is 0 Å². The van der Waals surface area contributed by atoms with E-state index in [9.17, 15) is 0 Å². The lowest BCUT2D eigenvalue weighted by atomic mass is 10.0. The summed E-state index contributed by atoms with van der Waals surface area (Å²) in [6.07, 6.45) is 0. The highest BCUT2D eigenvalue weighted by atomic mass is 32.1. The van der Waals surface area contributed by atoms with Gasteiger partial charge in [0, 0.05) is 134 Å². The van der Waals surface area contributed by atoms with E-state index in [0.717, 1.165) is 106 Å². The highest BCUT2D eigenvalue weighted by Gasteiger charge is 2.25. The van der Waals surface area contributed by atoms with Gasteiger partial charge in [-0.15, -0.1) is 22.7 Å². The summed E-state index contributed by atoms with van der Waals surface area (Å²) in [5.41, 5.74) is 23.4. The maximum atomic E-state index is 5.15. The molecule has 0 aliphatic carbocycles. The number of thiophene rings is 2. The van der Waals surface area contributed by atoms with Gasteiger partial charge in [-0.05, 0) is 90.0 Å². The molecule has 590 valence electrons. The van der Waals surface area contributed by atoms with E-state index in [2.05, 4.69) is 334 Å². The van der Waals surface area contributed by atoms with Gasteiger partial charge in [0.2, 0.25) is 11.9 Å². The molecule has 126 heavy (non-hydrogen) atoms. The SMILES string of the molecule is c1ccc(-c2cc(-c3ccccc3)nc(-c3ccc(-c4ccc(-n5c6ccccc6c6c7[nH]c8ccccc8c7ccc65)cc4)cc3)n2)cc1.c1ccc(-c2cc(-c3ccccc3)nc(-n3c4ccccc4c4c5sc6ccccc6c5ccc43)n2)cc1.c1ccc(-c2nc(-c3ccccc3)nc(-n3c4ccccc4c4c5sc6ccccc6c5ccc43)n2)cc1. The number of hydrogen-bond donors (Lipinski definition) is 1. The van der Waals surface area contributed by atoms with Crippen molar-refractivity contribution in [3.63, 3.8) is 0 Å². The Morgan fingerprint density at radius 2 is 0.516 bits per heavy atom. The van der Waals surface area contributed by atoms with Crippen LogP contribution in [0, 0.1) is 0 Å². The van der Waals surface area contributed by atoms with Gasteiger partial charge in [-0.1, -0.05) is 346 Å². The van der Waals surface area contributed by atoms with Crippen LogP contribution in [-0.4, -0.2) is 53.6 Å². The van der Waals surface area contributed by atoms with Crippen molar-refractivity contribution in [1.29, 1.82) is 0 Å². The molecule has 26 aromatic rings. The van der Waals surface area contributed by atoms with Crippen molar-refractivity contribution in [3.05, 3.63) is 425 Å². The quantitative estimate of drug-likeness (QED) is 0.137. The summed E-state index contributed by atoms with van der Waals surface area (Å²) in [6.45, 7) is 0. The van der Waals surface area contributed by atoms with Crippen LogP contribution in [0.2, 0.25) is 0 Å². The van der Waals surface area contributed by atoms with Crippen LogP contribution in [0.25, 0.3) is 235 Å². The van der Waals surface area contributed by atoms with Gasteiger partial charge in [0.05, 0.1) is 61.4 Å². The summed E-state index contributed by atoms with van der Waals surface area (Å²) in [4.78, 5) is 39.0. The van der Waals surface area contributed by atoms with Gasteiger partial charge in [-0.3, -0.25) is 9.13 Å². The van der Waals surface area contributed by atoms with Crippen molar-refractivity contribution in [2.45, 2.75) is 0 Å². The Morgan fingerprint density at radius 3 is 0.968 bits per heavy atom. The molecule has 9 heterocycles. The van der Waals surface area contributed by atoms with Crippen molar-refractivity contribution in [2.24, 2.45) is 0 Å². The van der Waals surface area contributed by atoms with E-state index >= 15 is 0 Å². The molecule has 17 aromatic carbocycles. The smallest absolute Gasteiger partial charge is 0.238 e. The molecule has 0 atom stereocenters. The lowest BCUT2D eigenvalue weighted by Crippen LogP contribution is -2.06. The van der Waals surface area contributed by atoms with E-state index in [1.54, 1.807) is 0 Å². The number of aromatic amines is 1. The van der Waals surface area contributed by atoms with Crippen LogP contribution < -0.4 is 0 Å². The van der Waals surface area contributed by atoms with Gasteiger partial charge < -0.3 is 9.55 Å². The number of hydrogen-bond acceptors (Lipinski definition) is 9. The first-order valence-electron chi connectivity index (χ1n) is 42.2. The Balaban J connectivity index is 0.000000107. The number of aromatic nitrogens is 11. The predicted molar refractivity (Wildman–Crippen MR) is 526 cm³/mol.